The van der Waals surface area contributed by atoms with Crippen molar-refractivity contribution in [2.24, 2.45) is 0 Å². The lowest BCUT2D eigenvalue weighted by molar-refractivity contribution is -0.121. The molecule has 0 saturated carbocycles. The second kappa shape index (κ2) is 11.8. The van der Waals surface area contributed by atoms with Gasteiger partial charge >= 0.3 is 0 Å². The highest BCUT2D eigenvalue weighted by Gasteiger charge is 2.10. The second-order valence-corrected chi connectivity index (χ2v) is 7.08. The van der Waals surface area contributed by atoms with Gasteiger partial charge in [0.1, 0.15) is 11.5 Å². The molecule has 0 aliphatic heterocycles. The fourth-order valence-corrected chi connectivity index (χ4v) is 2.76. The van der Waals surface area contributed by atoms with Crippen molar-refractivity contribution < 1.29 is 19.1 Å². The van der Waals surface area contributed by atoms with Crippen LogP contribution in [0.2, 0.25) is 0 Å². The fourth-order valence-electron chi connectivity index (χ4n) is 2.53. The minimum Gasteiger partial charge on any atom is -0.494 e. The van der Waals surface area contributed by atoms with E-state index in [4.69, 9.17) is 21.7 Å². The van der Waals surface area contributed by atoms with Crippen molar-refractivity contribution >= 4 is 40.5 Å². The summed E-state index contributed by atoms with van der Waals surface area (Å²) in [4.78, 5) is 24.0. The predicted molar refractivity (Wildman–Crippen MR) is 122 cm³/mol. The first-order chi connectivity index (χ1) is 14.4. The molecule has 2 aromatic rings. The Labute approximate surface area is 182 Å². The van der Waals surface area contributed by atoms with E-state index in [-0.39, 0.29) is 23.5 Å². The molecule has 0 saturated heterocycles. The van der Waals surface area contributed by atoms with Crippen LogP contribution >= 0.6 is 12.2 Å². The molecule has 7 nitrogen and oxygen atoms in total. The number of ether oxygens (including phenoxy) is 2. The van der Waals surface area contributed by atoms with Gasteiger partial charge in [-0.3, -0.25) is 14.9 Å². The zero-order chi connectivity index (χ0) is 21.9. The van der Waals surface area contributed by atoms with Crippen LogP contribution in [0, 0.1) is 6.92 Å². The fraction of sp³-hybridized carbons (Fsp3) is 0.318. The third-order valence-corrected chi connectivity index (χ3v) is 4.34. The molecule has 2 amide bonds. The maximum atomic E-state index is 12.0. The SMILES string of the molecule is CCCCC(=O)Nc1ccc(NC(=S)NC(=O)COc2ccc(C)cc2)cc1OC. The number of unbranched alkanes of at least 4 members (excludes halogenated alkanes) is 1. The summed E-state index contributed by atoms with van der Waals surface area (Å²) in [5, 5.41) is 8.45. The number of benzene rings is 2. The van der Waals surface area contributed by atoms with Crippen molar-refractivity contribution in [3.8, 4) is 11.5 Å². The quantitative estimate of drug-likeness (QED) is 0.522. The average molecular weight is 430 g/mol. The van der Waals surface area contributed by atoms with Gasteiger partial charge in [-0.15, -0.1) is 0 Å². The van der Waals surface area contributed by atoms with E-state index < -0.39 is 0 Å². The highest BCUT2D eigenvalue weighted by Crippen LogP contribution is 2.28. The number of carbonyl (C=O) groups is 2. The third-order valence-electron chi connectivity index (χ3n) is 4.13. The van der Waals surface area contributed by atoms with Crippen LogP contribution < -0.4 is 25.4 Å². The first-order valence-corrected chi connectivity index (χ1v) is 10.1. The lowest BCUT2D eigenvalue weighted by atomic mass is 10.2. The summed E-state index contributed by atoms with van der Waals surface area (Å²) in [5.74, 6) is 0.657. The molecule has 0 aliphatic carbocycles. The van der Waals surface area contributed by atoms with Crippen molar-refractivity contribution in [3.63, 3.8) is 0 Å². The summed E-state index contributed by atoms with van der Waals surface area (Å²) >= 11 is 5.18. The van der Waals surface area contributed by atoms with Crippen LogP contribution in [-0.2, 0) is 9.59 Å². The first-order valence-electron chi connectivity index (χ1n) is 9.69. The summed E-state index contributed by atoms with van der Waals surface area (Å²) in [5.41, 5.74) is 2.30. The molecule has 8 heteroatoms. The second-order valence-electron chi connectivity index (χ2n) is 6.67. The molecule has 2 aromatic carbocycles. The van der Waals surface area contributed by atoms with Gasteiger partial charge in [-0.05, 0) is 49.8 Å². The maximum Gasteiger partial charge on any atom is 0.264 e. The van der Waals surface area contributed by atoms with Gasteiger partial charge in [0.25, 0.3) is 5.91 Å². The van der Waals surface area contributed by atoms with Crippen molar-refractivity contribution in [1.82, 2.24) is 5.32 Å². The number of thiocarbonyl (C=S) groups is 1. The molecule has 2 rings (SSSR count). The number of hydrogen-bond donors (Lipinski definition) is 3. The molecule has 0 aliphatic rings. The molecule has 0 bridgehead atoms. The molecular weight excluding hydrogens is 402 g/mol. The van der Waals surface area contributed by atoms with Gasteiger partial charge in [-0.2, -0.15) is 0 Å². The number of carbonyl (C=O) groups excluding carboxylic acids is 2. The number of aryl methyl sites for hydroxylation is 1. The summed E-state index contributed by atoms with van der Waals surface area (Å²) in [6.45, 7) is 3.85. The Morgan fingerprint density at radius 2 is 1.77 bits per heavy atom. The van der Waals surface area contributed by atoms with Crippen LogP contribution in [0.3, 0.4) is 0 Å². The Morgan fingerprint density at radius 3 is 2.43 bits per heavy atom. The van der Waals surface area contributed by atoms with E-state index in [1.165, 1.54) is 7.11 Å². The Morgan fingerprint density at radius 1 is 1.03 bits per heavy atom. The number of methoxy groups -OCH3 is 1. The molecule has 0 heterocycles. The van der Waals surface area contributed by atoms with E-state index in [9.17, 15) is 9.59 Å². The van der Waals surface area contributed by atoms with Gasteiger partial charge in [-0.1, -0.05) is 31.0 Å². The molecule has 0 spiro atoms. The minimum absolute atomic E-state index is 0.0628. The van der Waals surface area contributed by atoms with E-state index in [1.54, 1.807) is 30.3 Å². The highest BCUT2D eigenvalue weighted by atomic mass is 32.1. The number of nitrogens with one attached hydrogen (secondary N) is 3. The molecule has 30 heavy (non-hydrogen) atoms. The Hall–Kier alpha value is -3.13. The monoisotopic (exact) mass is 429 g/mol. The van der Waals surface area contributed by atoms with Gasteiger partial charge in [0.05, 0.1) is 12.8 Å². The van der Waals surface area contributed by atoms with Crippen LogP contribution in [0.5, 0.6) is 11.5 Å². The zero-order valence-electron chi connectivity index (χ0n) is 17.4. The predicted octanol–water partition coefficient (Wildman–Crippen LogP) is 4.02. The van der Waals surface area contributed by atoms with Gasteiger partial charge in [0, 0.05) is 18.2 Å². The Bertz CT molecular complexity index is 884. The summed E-state index contributed by atoms with van der Waals surface area (Å²) < 4.78 is 10.8. The third kappa shape index (κ3) is 7.71. The highest BCUT2D eigenvalue weighted by molar-refractivity contribution is 7.80. The summed E-state index contributed by atoms with van der Waals surface area (Å²) in [7, 11) is 1.52. The van der Waals surface area contributed by atoms with Gasteiger partial charge in [0.2, 0.25) is 5.91 Å². The smallest absolute Gasteiger partial charge is 0.264 e. The zero-order valence-corrected chi connectivity index (χ0v) is 18.2. The maximum absolute atomic E-state index is 12.0. The van der Waals surface area contributed by atoms with Crippen molar-refractivity contribution in [2.75, 3.05) is 24.4 Å². The van der Waals surface area contributed by atoms with E-state index in [0.717, 1.165) is 18.4 Å². The number of anilines is 2. The molecule has 160 valence electrons. The number of rotatable bonds is 9. The Balaban J connectivity index is 1.87. The van der Waals surface area contributed by atoms with Crippen molar-refractivity contribution in [1.29, 1.82) is 0 Å². The largest absolute Gasteiger partial charge is 0.494 e. The average Bonchev–Trinajstić information content (AvgIpc) is 2.72. The van der Waals surface area contributed by atoms with E-state index in [1.807, 2.05) is 26.0 Å². The lowest BCUT2D eigenvalue weighted by Crippen LogP contribution is -2.37. The normalized spacial score (nSPS) is 10.1. The molecule has 0 fully saturated rings. The molecule has 0 unspecified atom stereocenters. The van der Waals surface area contributed by atoms with Gasteiger partial charge < -0.3 is 20.1 Å². The van der Waals surface area contributed by atoms with Crippen LogP contribution in [0.25, 0.3) is 0 Å². The summed E-state index contributed by atoms with van der Waals surface area (Å²) in [6, 6.07) is 12.6. The van der Waals surface area contributed by atoms with E-state index >= 15 is 0 Å². The number of amides is 2. The van der Waals surface area contributed by atoms with Crippen molar-refractivity contribution in [3.05, 3.63) is 48.0 Å². The summed E-state index contributed by atoms with van der Waals surface area (Å²) in [6.07, 6.45) is 2.24. The van der Waals surface area contributed by atoms with E-state index in [0.29, 0.717) is 29.3 Å². The van der Waals surface area contributed by atoms with Crippen LogP contribution in [-0.4, -0.2) is 30.6 Å². The van der Waals surface area contributed by atoms with Crippen LogP contribution in [0.15, 0.2) is 42.5 Å². The molecule has 0 radical (unpaired) electrons. The minimum atomic E-state index is -0.375. The van der Waals surface area contributed by atoms with Gasteiger partial charge in [-0.25, -0.2) is 0 Å². The van der Waals surface area contributed by atoms with Crippen molar-refractivity contribution in [2.45, 2.75) is 33.1 Å². The standard InChI is InChI=1S/C22H27N3O4S/c1-4-5-6-20(26)24-18-12-9-16(13-19(18)28-3)23-22(30)25-21(27)14-29-17-10-7-15(2)8-11-17/h7-13H,4-6,14H2,1-3H3,(H,24,26)(H2,23,25,27,30). The lowest BCUT2D eigenvalue weighted by Gasteiger charge is -2.14. The van der Waals surface area contributed by atoms with Gasteiger partial charge in [0.15, 0.2) is 11.7 Å². The van der Waals surface area contributed by atoms with E-state index in [2.05, 4.69) is 16.0 Å². The number of hydrogen-bond acceptors (Lipinski definition) is 5. The Kier molecular flexibility index (Phi) is 9.08. The molecule has 3 N–H and O–H groups in total. The molecule has 0 atom stereocenters. The van der Waals surface area contributed by atoms with Crippen LogP contribution in [0.1, 0.15) is 31.7 Å². The first kappa shape index (κ1) is 23.2. The topological polar surface area (TPSA) is 88.7 Å². The molecule has 0 aromatic heterocycles. The molecular formula is C22H27N3O4S. The van der Waals surface area contributed by atoms with Crippen LogP contribution in [0.4, 0.5) is 11.4 Å².